The first-order valence-electron chi connectivity index (χ1n) is 10.5. The van der Waals surface area contributed by atoms with Gasteiger partial charge >= 0.3 is 0 Å². The Morgan fingerprint density at radius 3 is 2.34 bits per heavy atom. The number of nitrogens with zero attached hydrogens (tertiary/aromatic N) is 4. The van der Waals surface area contributed by atoms with Gasteiger partial charge in [0.05, 0.1) is 22.8 Å². The Hall–Kier alpha value is -2.97. The minimum absolute atomic E-state index is 0.186. The number of amides is 1. The maximum absolute atomic E-state index is 12.7. The molecule has 0 saturated heterocycles. The maximum Gasteiger partial charge on any atom is 0.243 e. The highest BCUT2D eigenvalue weighted by Gasteiger charge is 2.24. The molecule has 3 rings (SSSR count). The van der Waals surface area contributed by atoms with Gasteiger partial charge in [-0.15, -0.1) is 0 Å². The van der Waals surface area contributed by atoms with Crippen LogP contribution in [0.25, 0.3) is 11.3 Å². The van der Waals surface area contributed by atoms with Gasteiger partial charge in [-0.25, -0.2) is 8.42 Å². The van der Waals surface area contributed by atoms with Gasteiger partial charge in [-0.2, -0.15) is 9.40 Å². The second-order valence-corrected chi connectivity index (χ2v) is 10.0. The molecule has 3 aromatic rings. The van der Waals surface area contributed by atoms with Crippen LogP contribution in [-0.4, -0.2) is 60.5 Å². The molecule has 32 heavy (non-hydrogen) atoms. The summed E-state index contributed by atoms with van der Waals surface area (Å²) < 4.78 is 28.4. The van der Waals surface area contributed by atoms with Gasteiger partial charge in [-0.1, -0.05) is 48.0 Å². The fourth-order valence-electron chi connectivity index (χ4n) is 3.44. The largest absolute Gasteiger partial charge is 0.345 e. The van der Waals surface area contributed by atoms with Gasteiger partial charge < -0.3 is 4.90 Å². The van der Waals surface area contributed by atoms with Crippen LogP contribution in [0, 0.1) is 6.92 Å². The summed E-state index contributed by atoms with van der Waals surface area (Å²) in [7, 11) is 1.35. The Labute approximate surface area is 190 Å². The predicted molar refractivity (Wildman–Crippen MR) is 126 cm³/mol. The van der Waals surface area contributed by atoms with Gasteiger partial charge in [0, 0.05) is 27.7 Å². The number of hydrogen-bond acceptors (Lipinski definition) is 4. The molecule has 0 radical (unpaired) electrons. The minimum atomic E-state index is -3.70. The fourth-order valence-corrected chi connectivity index (χ4v) is 4.56. The summed E-state index contributed by atoms with van der Waals surface area (Å²) in [5.74, 6) is -0.241. The first-order valence-corrected chi connectivity index (χ1v) is 12.0. The highest BCUT2D eigenvalue weighted by molar-refractivity contribution is 7.89. The summed E-state index contributed by atoms with van der Waals surface area (Å²) in [5.41, 5.74) is 4.10. The smallest absolute Gasteiger partial charge is 0.243 e. The van der Waals surface area contributed by atoms with Crippen LogP contribution in [0.3, 0.4) is 0 Å². The molecule has 0 unspecified atom stereocenters. The summed E-state index contributed by atoms with van der Waals surface area (Å²) in [6.45, 7) is 2.22. The first kappa shape index (κ1) is 23.7. The van der Waals surface area contributed by atoms with Crippen molar-refractivity contribution in [3.8, 4) is 11.3 Å². The van der Waals surface area contributed by atoms with E-state index in [1.165, 1.54) is 7.05 Å². The van der Waals surface area contributed by atoms with E-state index in [9.17, 15) is 13.2 Å². The van der Waals surface area contributed by atoms with Gasteiger partial charge in [0.25, 0.3) is 0 Å². The summed E-state index contributed by atoms with van der Waals surface area (Å²) >= 11 is 0. The fraction of sp³-hybridized carbons (Fsp3) is 0.333. The van der Waals surface area contributed by atoms with E-state index in [1.807, 2.05) is 49.0 Å². The zero-order valence-electron chi connectivity index (χ0n) is 19.0. The summed E-state index contributed by atoms with van der Waals surface area (Å²) in [6, 6.07) is 18.8. The van der Waals surface area contributed by atoms with Crippen molar-refractivity contribution in [2.24, 2.45) is 7.05 Å². The molecule has 7 nitrogen and oxygen atoms in total. The van der Waals surface area contributed by atoms with Crippen molar-refractivity contribution in [1.82, 2.24) is 19.0 Å². The Morgan fingerprint density at radius 2 is 1.69 bits per heavy atom. The van der Waals surface area contributed by atoms with Crippen molar-refractivity contribution >= 4 is 15.9 Å². The number of aryl methyl sites for hydroxylation is 3. The van der Waals surface area contributed by atoms with E-state index in [1.54, 1.807) is 36.2 Å². The molecule has 8 heteroatoms. The molecule has 0 aliphatic carbocycles. The van der Waals surface area contributed by atoms with E-state index >= 15 is 0 Å². The summed E-state index contributed by atoms with van der Waals surface area (Å²) in [4.78, 5) is 14.3. The van der Waals surface area contributed by atoms with Crippen molar-refractivity contribution in [3.05, 3.63) is 71.9 Å². The minimum Gasteiger partial charge on any atom is -0.345 e. The van der Waals surface area contributed by atoms with E-state index < -0.39 is 10.0 Å². The number of hydrogen-bond donors (Lipinski definition) is 0. The number of aromatic nitrogens is 2. The molecule has 2 aromatic carbocycles. The number of carbonyl (C=O) groups excluding carboxylic acids is 1. The monoisotopic (exact) mass is 454 g/mol. The van der Waals surface area contributed by atoms with Crippen LogP contribution in [0.2, 0.25) is 0 Å². The molecule has 0 aliphatic rings. The third kappa shape index (κ3) is 5.63. The molecule has 0 atom stereocenters. The topological polar surface area (TPSA) is 75.5 Å². The SMILES string of the molecule is Cc1ccc(S(=O)(=O)N(C)CC(=O)N(C)CCCc2cc(-c3ccccc3)n(C)n2)cc1. The molecule has 0 bridgehead atoms. The van der Waals surface area contributed by atoms with Crippen LogP contribution in [-0.2, 0) is 28.3 Å². The molecule has 0 aliphatic heterocycles. The Bertz CT molecular complexity index is 1160. The average Bonchev–Trinajstić information content (AvgIpc) is 3.14. The second kappa shape index (κ2) is 10.1. The number of likely N-dealkylation sites (N-methyl/N-ethyl adjacent to an activating group) is 2. The summed E-state index contributed by atoms with van der Waals surface area (Å²) in [6.07, 6.45) is 1.47. The van der Waals surface area contributed by atoms with Crippen molar-refractivity contribution in [3.63, 3.8) is 0 Å². The van der Waals surface area contributed by atoms with Crippen molar-refractivity contribution < 1.29 is 13.2 Å². The van der Waals surface area contributed by atoms with Gasteiger partial charge in [0.15, 0.2) is 0 Å². The molecule has 0 fully saturated rings. The number of carbonyl (C=O) groups is 1. The van der Waals surface area contributed by atoms with Crippen LogP contribution in [0.15, 0.2) is 65.6 Å². The quantitative estimate of drug-likeness (QED) is 0.498. The highest BCUT2D eigenvalue weighted by atomic mass is 32.2. The Kier molecular flexibility index (Phi) is 7.48. The standard InChI is InChI=1S/C24H30N4O3S/c1-19-12-14-22(15-13-19)32(30,31)27(3)18-24(29)26(2)16-8-11-21-17-23(28(4)25-21)20-9-6-5-7-10-20/h5-7,9-10,12-15,17H,8,11,16,18H2,1-4H3. The van der Waals surface area contributed by atoms with Crippen molar-refractivity contribution in [1.29, 1.82) is 0 Å². The lowest BCUT2D eigenvalue weighted by Gasteiger charge is -2.22. The first-order chi connectivity index (χ1) is 15.2. The molecule has 0 spiro atoms. The van der Waals surface area contributed by atoms with Gasteiger partial charge in [0.1, 0.15) is 0 Å². The summed E-state index contributed by atoms with van der Waals surface area (Å²) in [5, 5.41) is 4.57. The van der Waals surface area contributed by atoms with Crippen LogP contribution in [0.4, 0.5) is 0 Å². The lowest BCUT2D eigenvalue weighted by molar-refractivity contribution is -0.129. The number of rotatable bonds is 9. The molecular weight excluding hydrogens is 424 g/mol. The highest BCUT2D eigenvalue weighted by Crippen LogP contribution is 2.20. The number of benzene rings is 2. The van der Waals surface area contributed by atoms with Gasteiger partial charge in [-0.05, 0) is 43.5 Å². The molecule has 1 amide bonds. The predicted octanol–water partition coefficient (Wildman–Crippen LogP) is 3.11. The third-order valence-electron chi connectivity index (χ3n) is 5.44. The second-order valence-electron chi connectivity index (χ2n) is 8.00. The molecule has 0 N–H and O–H groups in total. The van der Waals surface area contributed by atoms with E-state index in [0.717, 1.165) is 39.7 Å². The maximum atomic E-state index is 12.7. The zero-order valence-corrected chi connectivity index (χ0v) is 19.8. The molecular formula is C24H30N4O3S. The van der Waals surface area contributed by atoms with Crippen LogP contribution < -0.4 is 0 Å². The molecule has 1 heterocycles. The normalized spacial score (nSPS) is 11.7. The molecule has 170 valence electrons. The van der Waals surface area contributed by atoms with E-state index in [2.05, 4.69) is 11.2 Å². The van der Waals surface area contributed by atoms with Crippen LogP contribution in [0.1, 0.15) is 17.7 Å². The zero-order chi connectivity index (χ0) is 23.3. The Morgan fingerprint density at radius 1 is 1.03 bits per heavy atom. The number of sulfonamides is 1. The third-order valence-corrected chi connectivity index (χ3v) is 7.26. The lowest BCUT2D eigenvalue weighted by Crippen LogP contribution is -2.39. The van der Waals surface area contributed by atoms with E-state index in [4.69, 9.17) is 0 Å². The molecule has 0 saturated carbocycles. The molecule has 1 aromatic heterocycles. The lowest BCUT2D eigenvalue weighted by atomic mass is 10.1. The van der Waals surface area contributed by atoms with Crippen LogP contribution >= 0.6 is 0 Å². The Balaban J connectivity index is 1.52. The van der Waals surface area contributed by atoms with Gasteiger partial charge in [-0.3, -0.25) is 9.48 Å². The van der Waals surface area contributed by atoms with Crippen molar-refractivity contribution in [2.75, 3.05) is 27.2 Å². The average molecular weight is 455 g/mol. The van der Waals surface area contributed by atoms with Crippen molar-refractivity contribution in [2.45, 2.75) is 24.7 Å². The van der Waals surface area contributed by atoms with E-state index in [-0.39, 0.29) is 17.3 Å². The van der Waals surface area contributed by atoms with E-state index in [0.29, 0.717) is 6.54 Å². The van der Waals surface area contributed by atoms with Gasteiger partial charge in [0.2, 0.25) is 15.9 Å². The van der Waals surface area contributed by atoms with Crippen LogP contribution in [0.5, 0.6) is 0 Å².